The lowest BCUT2D eigenvalue weighted by atomic mass is 9.72. The Balaban J connectivity index is 2.09. The van der Waals surface area contributed by atoms with E-state index in [0.29, 0.717) is 0 Å². The van der Waals surface area contributed by atoms with Gasteiger partial charge in [-0.15, -0.1) is 0 Å². The Labute approximate surface area is 95.3 Å². The Morgan fingerprint density at radius 1 is 1.44 bits per heavy atom. The van der Waals surface area contributed by atoms with Crippen LogP contribution in [0.4, 0.5) is 0 Å². The van der Waals surface area contributed by atoms with Crippen LogP contribution in [0.15, 0.2) is 18.2 Å². The second-order valence-corrected chi connectivity index (χ2v) is 5.25. The second kappa shape index (κ2) is 3.09. The van der Waals surface area contributed by atoms with Crippen molar-refractivity contribution in [3.05, 3.63) is 34.9 Å². The van der Waals surface area contributed by atoms with Gasteiger partial charge in [-0.25, -0.2) is 0 Å². The average Bonchev–Trinajstić information content (AvgIpc) is 2.98. The highest BCUT2D eigenvalue weighted by Crippen LogP contribution is 2.58. The van der Waals surface area contributed by atoms with E-state index in [0.717, 1.165) is 25.7 Å². The number of aliphatic carboxylic acids is 1. The molecule has 1 aromatic carbocycles. The van der Waals surface area contributed by atoms with Crippen LogP contribution in [0, 0.1) is 12.8 Å². The fourth-order valence-corrected chi connectivity index (χ4v) is 3.29. The van der Waals surface area contributed by atoms with Gasteiger partial charge < -0.3 is 5.11 Å². The average molecular weight is 216 g/mol. The maximum atomic E-state index is 11.3. The van der Waals surface area contributed by atoms with Crippen molar-refractivity contribution in [2.24, 2.45) is 5.92 Å². The van der Waals surface area contributed by atoms with Crippen LogP contribution in [0.5, 0.6) is 0 Å². The van der Waals surface area contributed by atoms with E-state index in [-0.39, 0.29) is 11.3 Å². The molecule has 0 bridgehead atoms. The zero-order valence-electron chi connectivity index (χ0n) is 9.49. The van der Waals surface area contributed by atoms with Gasteiger partial charge in [0.25, 0.3) is 0 Å². The van der Waals surface area contributed by atoms with Crippen LogP contribution in [0.1, 0.15) is 36.0 Å². The lowest BCUT2D eigenvalue weighted by Crippen LogP contribution is -2.33. The molecule has 2 aliphatic rings. The van der Waals surface area contributed by atoms with Gasteiger partial charge in [-0.1, -0.05) is 23.8 Å². The summed E-state index contributed by atoms with van der Waals surface area (Å²) in [5, 5.41) is 9.29. The van der Waals surface area contributed by atoms with Gasteiger partial charge in [0.1, 0.15) is 0 Å². The molecular formula is C14H16O2. The molecule has 0 radical (unpaired) electrons. The molecular weight excluding hydrogens is 200 g/mol. The fourth-order valence-electron chi connectivity index (χ4n) is 3.29. The molecule has 16 heavy (non-hydrogen) atoms. The summed E-state index contributed by atoms with van der Waals surface area (Å²) < 4.78 is 0. The fraction of sp³-hybridized carbons (Fsp3) is 0.500. The molecule has 2 nitrogen and oxygen atoms in total. The molecule has 1 unspecified atom stereocenters. The number of benzene rings is 1. The van der Waals surface area contributed by atoms with E-state index < -0.39 is 5.97 Å². The summed E-state index contributed by atoms with van der Waals surface area (Å²) in [4.78, 5) is 11.3. The van der Waals surface area contributed by atoms with Crippen LogP contribution >= 0.6 is 0 Å². The van der Waals surface area contributed by atoms with Crippen LogP contribution in [0.2, 0.25) is 0 Å². The van der Waals surface area contributed by atoms with E-state index in [4.69, 9.17) is 0 Å². The van der Waals surface area contributed by atoms with Gasteiger partial charge >= 0.3 is 5.97 Å². The van der Waals surface area contributed by atoms with Gasteiger partial charge in [-0.2, -0.15) is 0 Å². The van der Waals surface area contributed by atoms with Gasteiger partial charge in [0.15, 0.2) is 0 Å². The maximum absolute atomic E-state index is 11.3. The quantitative estimate of drug-likeness (QED) is 0.783. The molecule has 0 amide bonds. The first-order valence-corrected chi connectivity index (χ1v) is 5.96. The molecule has 1 fully saturated rings. The van der Waals surface area contributed by atoms with Crippen molar-refractivity contribution >= 4 is 5.97 Å². The van der Waals surface area contributed by atoms with Crippen molar-refractivity contribution in [2.75, 3.05) is 0 Å². The number of hydrogen-bond acceptors (Lipinski definition) is 1. The van der Waals surface area contributed by atoms with Gasteiger partial charge in [-0.3, -0.25) is 4.79 Å². The van der Waals surface area contributed by atoms with Crippen LogP contribution in [0.3, 0.4) is 0 Å². The van der Waals surface area contributed by atoms with Crippen molar-refractivity contribution in [1.82, 2.24) is 0 Å². The smallest absolute Gasteiger partial charge is 0.307 e. The Morgan fingerprint density at radius 2 is 2.19 bits per heavy atom. The lowest BCUT2D eigenvalue weighted by molar-refractivity contribution is -0.143. The normalized spacial score (nSPS) is 25.2. The van der Waals surface area contributed by atoms with Crippen LogP contribution in [-0.2, 0) is 16.6 Å². The van der Waals surface area contributed by atoms with Gasteiger partial charge in [-0.05, 0) is 43.7 Å². The van der Waals surface area contributed by atoms with Gasteiger partial charge in [0, 0.05) is 5.41 Å². The van der Waals surface area contributed by atoms with E-state index in [1.54, 1.807) is 0 Å². The van der Waals surface area contributed by atoms with Crippen molar-refractivity contribution in [2.45, 2.75) is 38.0 Å². The standard InChI is InChI=1S/C14H16O2/c1-9-2-4-11-10(8-9)3-5-12(13(15)16)14(11)6-7-14/h2,4,8,12H,3,5-7H2,1H3,(H,15,16). The number of aryl methyl sites for hydroxylation is 2. The number of fused-ring (bicyclic) bond motifs is 2. The molecule has 84 valence electrons. The summed E-state index contributed by atoms with van der Waals surface area (Å²) in [6.45, 7) is 2.10. The monoisotopic (exact) mass is 216 g/mol. The van der Waals surface area contributed by atoms with Crippen molar-refractivity contribution in [1.29, 1.82) is 0 Å². The zero-order valence-corrected chi connectivity index (χ0v) is 9.49. The minimum Gasteiger partial charge on any atom is -0.481 e. The molecule has 1 saturated carbocycles. The minimum atomic E-state index is -0.608. The third-order valence-electron chi connectivity index (χ3n) is 4.25. The van der Waals surface area contributed by atoms with E-state index in [9.17, 15) is 9.90 Å². The lowest BCUT2D eigenvalue weighted by Gasteiger charge is -2.31. The first-order valence-electron chi connectivity index (χ1n) is 5.96. The van der Waals surface area contributed by atoms with Crippen molar-refractivity contribution in [3.63, 3.8) is 0 Å². The summed E-state index contributed by atoms with van der Waals surface area (Å²) in [7, 11) is 0. The number of rotatable bonds is 1. The first kappa shape index (κ1) is 9.88. The number of hydrogen-bond donors (Lipinski definition) is 1. The molecule has 0 saturated heterocycles. The van der Waals surface area contributed by atoms with Crippen molar-refractivity contribution < 1.29 is 9.90 Å². The SMILES string of the molecule is Cc1ccc2c(c1)CCC(C(=O)O)C21CC1. The molecule has 3 rings (SSSR count). The first-order chi connectivity index (χ1) is 7.63. The molecule has 2 heteroatoms. The van der Waals surface area contributed by atoms with Crippen LogP contribution in [0.25, 0.3) is 0 Å². The number of carbonyl (C=O) groups is 1. The van der Waals surface area contributed by atoms with Gasteiger partial charge in [0.2, 0.25) is 0 Å². The highest BCUT2D eigenvalue weighted by molar-refractivity contribution is 5.74. The topological polar surface area (TPSA) is 37.3 Å². The highest BCUT2D eigenvalue weighted by atomic mass is 16.4. The Hall–Kier alpha value is -1.31. The van der Waals surface area contributed by atoms with Crippen molar-refractivity contribution in [3.8, 4) is 0 Å². The number of carboxylic acids is 1. The molecule has 0 aromatic heterocycles. The molecule has 1 spiro atoms. The summed E-state index contributed by atoms with van der Waals surface area (Å²) in [5.41, 5.74) is 3.97. The summed E-state index contributed by atoms with van der Waals surface area (Å²) in [5.74, 6) is -0.758. The van der Waals surface area contributed by atoms with Crippen LogP contribution < -0.4 is 0 Å². The third kappa shape index (κ3) is 1.22. The molecule has 1 atom stereocenters. The maximum Gasteiger partial charge on any atom is 0.307 e. The Kier molecular flexibility index (Phi) is 1.91. The second-order valence-electron chi connectivity index (χ2n) is 5.25. The zero-order chi connectivity index (χ0) is 11.3. The molecule has 1 aromatic rings. The Morgan fingerprint density at radius 3 is 2.81 bits per heavy atom. The van der Waals surface area contributed by atoms with E-state index in [1.165, 1.54) is 16.7 Å². The van der Waals surface area contributed by atoms with Crippen LogP contribution in [-0.4, -0.2) is 11.1 Å². The Bertz CT molecular complexity index is 458. The minimum absolute atomic E-state index is 0.00683. The number of carboxylic acid groups (broad SMARTS) is 1. The predicted molar refractivity (Wildman–Crippen MR) is 61.5 cm³/mol. The molecule has 0 aliphatic heterocycles. The largest absolute Gasteiger partial charge is 0.481 e. The molecule has 0 heterocycles. The summed E-state index contributed by atoms with van der Waals surface area (Å²) in [6.07, 6.45) is 3.85. The molecule has 1 N–H and O–H groups in total. The predicted octanol–water partition coefficient (Wildman–Crippen LogP) is 2.67. The third-order valence-corrected chi connectivity index (χ3v) is 4.25. The van der Waals surface area contributed by atoms with E-state index in [2.05, 4.69) is 25.1 Å². The van der Waals surface area contributed by atoms with Gasteiger partial charge in [0.05, 0.1) is 5.92 Å². The van der Waals surface area contributed by atoms with E-state index >= 15 is 0 Å². The van der Waals surface area contributed by atoms with E-state index in [1.807, 2.05) is 0 Å². The summed E-state index contributed by atoms with van der Waals surface area (Å²) >= 11 is 0. The molecule has 2 aliphatic carbocycles. The highest BCUT2D eigenvalue weighted by Gasteiger charge is 2.55. The summed E-state index contributed by atoms with van der Waals surface area (Å²) in [6, 6.07) is 6.50.